The third kappa shape index (κ3) is 2.52. The summed E-state index contributed by atoms with van der Waals surface area (Å²) in [4.78, 5) is 0. The van der Waals surface area contributed by atoms with Crippen molar-refractivity contribution in [2.75, 3.05) is 0 Å². The predicted molar refractivity (Wildman–Crippen MR) is 70.7 cm³/mol. The Morgan fingerprint density at radius 3 is 2.06 bits per heavy atom. The first-order valence-electron chi connectivity index (χ1n) is 4.85. The maximum atomic E-state index is 6.13. The lowest BCUT2D eigenvalue weighted by atomic mass is 10.1. The number of rotatable bonds is 2. The quantitative estimate of drug-likeness (QED) is 0.655. The summed E-state index contributed by atoms with van der Waals surface area (Å²) in [5, 5.41) is 1.73. The summed E-state index contributed by atoms with van der Waals surface area (Å²) >= 11 is 18.2. The minimum Gasteiger partial charge on any atom is -0.0840 e. The molecular formula is C13H9Cl3. The molecule has 0 saturated heterocycles. The lowest BCUT2D eigenvalue weighted by Gasteiger charge is -2.08. The van der Waals surface area contributed by atoms with E-state index in [9.17, 15) is 0 Å². The smallest absolute Gasteiger partial charge is 0.0642 e. The van der Waals surface area contributed by atoms with Gasteiger partial charge < -0.3 is 0 Å². The van der Waals surface area contributed by atoms with E-state index in [1.54, 1.807) is 12.1 Å². The molecule has 0 heterocycles. The van der Waals surface area contributed by atoms with Gasteiger partial charge in [-0.15, -0.1) is 0 Å². The van der Waals surface area contributed by atoms with Crippen molar-refractivity contribution in [1.29, 1.82) is 0 Å². The average molecular weight is 272 g/mol. The van der Waals surface area contributed by atoms with Gasteiger partial charge in [0.05, 0.1) is 10.0 Å². The van der Waals surface area contributed by atoms with E-state index < -0.39 is 0 Å². The first-order chi connectivity index (χ1) is 7.68. The van der Waals surface area contributed by atoms with Gasteiger partial charge in [0.25, 0.3) is 0 Å². The fraction of sp³-hybridized carbons (Fsp3) is 0.0769. The summed E-state index contributed by atoms with van der Waals surface area (Å²) in [7, 11) is 0. The van der Waals surface area contributed by atoms with E-state index in [0.717, 1.165) is 11.1 Å². The molecule has 2 rings (SSSR count). The summed E-state index contributed by atoms with van der Waals surface area (Å²) in [6.07, 6.45) is 0.694. The number of hydrogen-bond acceptors (Lipinski definition) is 0. The molecule has 0 unspecified atom stereocenters. The first-order valence-corrected chi connectivity index (χ1v) is 5.98. The van der Waals surface area contributed by atoms with Crippen LogP contribution in [0.5, 0.6) is 0 Å². The van der Waals surface area contributed by atoms with Crippen molar-refractivity contribution >= 4 is 34.8 Å². The highest BCUT2D eigenvalue weighted by atomic mass is 35.5. The molecule has 0 amide bonds. The number of benzene rings is 2. The lowest BCUT2D eigenvalue weighted by molar-refractivity contribution is 1.19. The van der Waals surface area contributed by atoms with Gasteiger partial charge in [-0.1, -0.05) is 65.1 Å². The van der Waals surface area contributed by atoms with Crippen LogP contribution >= 0.6 is 34.8 Å². The van der Waals surface area contributed by atoms with E-state index in [1.165, 1.54) is 0 Å². The summed E-state index contributed by atoms with van der Waals surface area (Å²) < 4.78 is 0. The van der Waals surface area contributed by atoms with Gasteiger partial charge in [0.2, 0.25) is 0 Å². The van der Waals surface area contributed by atoms with Crippen molar-refractivity contribution in [2.24, 2.45) is 0 Å². The van der Waals surface area contributed by atoms with Gasteiger partial charge in [0.1, 0.15) is 0 Å². The largest absolute Gasteiger partial charge is 0.0840 e. The molecule has 0 atom stereocenters. The molecule has 0 aliphatic rings. The Kier molecular flexibility index (Phi) is 3.75. The zero-order valence-corrected chi connectivity index (χ0v) is 10.7. The van der Waals surface area contributed by atoms with E-state index >= 15 is 0 Å². The topological polar surface area (TPSA) is 0 Å². The molecule has 16 heavy (non-hydrogen) atoms. The van der Waals surface area contributed by atoms with Crippen LogP contribution in [0.25, 0.3) is 0 Å². The van der Waals surface area contributed by atoms with Crippen molar-refractivity contribution in [2.45, 2.75) is 6.42 Å². The van der Waals surface area contributed by atoms with Crippen LogP contribution in [0.15, 0.2) is 42.5 Å². The summed E-state index contributed by atoms with van der Waals surface area (Å²) in [6, 6.07) is 13.5. The Bertz CT molecular complexity index is 492. The van der Waals surface area contributed by atoms with Crippen LogP contribution in [0.3, 0.4) is 0 Å². The second-order valence-corrected chi connectivity index (χ2v) is 4.68. The van der Waals surface area contributed by atoms with Crippen LogP contribution in [-0.2, 0) is 6.42 Å². The molecule has 0 aliphatic heterocycles. The van der Waals surface area contributed by atoms with Gasteiger partial charge >= 0.3 is 0 Å². The van der Waals surface area contributed by atoms with Gasteiger partial charge in [-0.05, 0) is 23.3 Å². The lowest BCUT2D eigenvalue weighted by Crippen LogP contribution is -1.91. The molecule has 0 nitrogen and oxygen atoms in total. The fourth-order valence-corrected chi connectivity index (χ4v) is 2.21. The Morgan fingerprint density at radius 1 is 0.750 bits per heavy atom. The van der Waals surface area contributed by atoms with Gasteiger partial charge in [-0.3, -0.25) is 0 Å². The Balaban J connectivity index is 2.38. The molecule has 0 bridgehead atoms. The van der Waals surface area contributed by atoms with E-state index in [0.29, 0.717) is 21.5 Å². The van der Waals surface area contributed by atoms with Gasteiger partial charge in [-0.2, -0.15) is 0 Å². The maximum Gasteiger partial charge on any atom is 0.0642 e. The van der Waals surface area contributed by atoms with E-state index in [1.807, 2.05) is 30.3 Å². The molecule has 0 saturated carbocycles. The monoisotopic (exact) mass is 270 g/mol. The minimum atomic E-state index is 0.539. The molecule has 82 valence electrons. The molecule has 2 aromatic rings. The molecule has 0 N–H and O–H groups in total. The average Bonchev–Trinajstić information content (AvgIpc) is 2.31. The third-order valence-corrected chi connectivity index (χ3v) is 3.56. The zero-order chi connectivity index (χ0) is 11.5. The van der Waals surface area contributed by atoms with Crippen molar-refractivity contribution in [3.05, 3.63) is 68.7 Å². The van der Waals surface area contributed by atoms with E-state index in [4.69, 9.17) is 34.8 Å². The number of halogens is 3. The highest BCUT2D eigenvalue weighted by Gasteiger charge is 2.09. The normalized spacial score (nSPS) is 10.4. The minimum absolute atomic E-state index is 0.539. The summed E-state index contributed by atoms with van der Waals surface area (Å²) in [6.45, 7) is 0. The molecule has 2 aromatic carbocycles. The Labute approximate surface area is 110 Å². The van der Waals surface area contributed by atoms with Crippen molar-refractivity contribution in [3.8, 4) is 0 Å². The van der Waals surface area contributed by atoms with Crippen LogP contribution < -0.4 is 0 Å². The molecule has 0 aromatic heterocycles. The standard InChI is InChI=1S/C13H9Cl3/c14-11-6-7-12(15)13(16)10(11)8-9-4-2-1-3-5-9/h1-7H,8H2. The molecule has 0 radical (unpaired) electrons. The zero-order valence-electron chi connectivity index (χ0n) is 8.38. The fourth-order valence-electron chi connectivity index (χ4n) is 1.53. The molecule has 0 spiro atoms. The Morgan fingerprint density at radius 2 is 1.38 bits per heavy atom. The van der Waals surface area contributed by atoms with Crippen LogP contribution in [0.2, 0.25) is 15.1 Å². The summed E-state index contributed by atoms with van der Waals surface area (Å²) in [5.74, 6) is 0. The van der Waals surface area contributed by atoms with Crippen molar-refractivity contribution in [1.82, 2.24) is 0 Å². The van der Waals surface area contributed by atoms with Crippen LogP contribution in [0.4, 0.5) is 0 Å². The van der Waals surface area contributed by atoms with Crippen molar-refractivity contribution < 1.29 is 0 Å². The third-order valence-electron chi connectivity index (χ3n) is 2.36. The second kappa shape index (κ2) is 5.09. The van der Waals surface area contributed by atoms with Gasteiger partial charge in [0, 0.05) is 11.4 Å². The molecule has 3 heteroatoms. The van der Waals surface area contributed by atoms with Crippen molar-refractivity contribution in [3.63, 3.8) is 0 Å². The summed E-state index contributed by atoms with van der Waals surface area (Å²) in [5.41, 5.74) is 2.04. The van der Waals surface area contributed by atoms with Gasteiger partial charge in [0.15, 0.2) is 0 Å². The Hall–Kier alpha value is -0.690. The van der Waals surface area contributed by atoms with E-state index in [2.05, 4.69) is 0 Å². The van der Waals surface area contributed by atoms with Gasteiger partial charge in [-0.25, -0.2) is 0 Å². The maximum absolute atomic E-state index is 6.13. The number of hydrogen-bond donors (Lipinski definition) is 0. The SMILES string of the molecule is Clc1ccc(Cl)c(Cc2ccccc2)c1Cl. The highest BCUT2D eigenvalue weighted by molar-refractivity contribution is 6.44. The molecule has 0 fully saturated rings. The highest BCUT2D eigenvalue weighted by Crippen LogP contribution is 2.32. The molecule has 0 aliphatic carbocycles. The first kappa shape index (κ1) is 11.8. The van der Waals surface area contributed by atoms with Crippen LogP contribution in [0, 0.1) is 0 Å². The van der Waals surface area contributed by atoms with E-state index in [-0.39, 0.29) is 0 Å². The molecular weight excluding hydrogens is 263 g/mol. The van der Waals surface area contributed by atoms with Crippen LogP contribution in [-0.4, -0.2) is 0 Å². The van der Waals surface area contributed by atoms with Crippen LogP contribution in [0.1, 0.15) is 11.1 Å². The predicted octanol–water partition coefficient (Wildman–Crippen LogP) is 5.24. The second-order valence-electron chi connectivity index (χ2n) is 3.48.